The number of benzene rings is 1. The smallest absolute Gasteiger partial charge is 0.221 e. The molecule has 0 bridgehead atoms. The number of carbonyl (C=O) groups is 1. The van der Waals surface area contributed by atoms with E-state index < -0.39 is 11.0 Å². The van der Waals surface area contributed by atoms with Crippen LogP contribution in [0.3, 0.4) is 0 Å². The molecule has 24 heavy (non-hydrogen) atoms. The van der Waals surface area contributed by atoms with E-state index in [0.717, 1.165) is 28.0 Å². The van der Waals surface area contributed by atoms with Gasteiger partial charge in [-0.2, -0.15) is 0 Å². The molecule has 6 heteroatoms. The molecule has 0 heterocycles. The van der Waals surface area contributed by atoms with Crippen LogP contribution in [0.2, 0.25) is 5.02 Å². The third kappa shape index (κ3) is 5.43. The normalized spacial score (nSPS) is 12.7. The fraction of sp³-hybridized carbons (Fsp3) is 0.500. The summed E-state index contributed by atoms with van der Waals surface area (Å²) in [7, 11) is -1.15. The van der Waals surface area contributed by atoms with Crippen LogP contribution in [0.5, 0.6) is 0 Å². The molecule has 0 aliphatic heterocycles. The summed E-state index contributed by atoms with van der Waals surface area (Å²) in [5.74, 6) is -0.140. The molecule has 2 N–H and O–H groups in total. The van der Waals surface area contributed by atoms with Crippen LogP contribution in [0, 0.1) is 6.92 Å². The van der Waals surface area contributed by atoms with Crippen LogP contribution in [0.4, 0.5) is 0 Å². The van der Waals surface area contributed by atoms with Crippen LogP contribution in [-0.4, -0.2) is 14.9 Å². The van der Waals surface area contributed by atoms with Crippen molar-refractivity contribution in [1.82, 2.24) is 10.0 Å². The Morgan fingerprint density at radius 1 is 1.21 bits per heavy atom. The molecule has 0 aliphatic rings. The number of halogens is 1. The molecule has 4 nitrogen and oxygen atoms in total. The van der Waals surface area contributed by atoms with Gasteiger partial charge in [0.2, 0.25) is 5.91 Å². The van der Waals surface area contributed by atoms with Crippen LogP contribution in [0.25, 0.3) is 5.70 Å². The third-order valence-electron chi connectivity index (χ3n) is 3.53. The van der Waals surface area contributed by atoms with Crippen LogP contribution in [0.1, 0.15) is 58.2 Å². The van der Waals surface area contributed by atoms with Crippen molar-refractivity contribution in [3.63, 3.8) is 0 Å². The van der Waals surface area contributed by atoms with Crippen LogP contribution >= 0.6 is 11.6 Å². The van der Waals surface area contributed by atoms with E-state index in [1.807, 2.05) is 53.7 Å². The molecule has 0 spiro atoms. The van der Waals surface area contributed by atoms with E-state index in [1.165, 1.54) is 6.92 Å². The first kappa shape index (κ1) is 20.9. The van der Waals surface area contributed by atoms with Gasteiger partial charge >= 0.3 is 0 Å². The fourth-order valence-electron chi connectivity index (χ4n) is 2.19. The average Bonchev–Trinajstić information content (AvgIpc) is 2.43. The monoisotopic (exact) mass is 370 g/mol. The summed E-state index contributed by atoms with van der Waals surface area (Å²) >= 11 is 6.39. The molecule has 0 saturated carbocycles. The number of amides is 1. The highest BCUT2D eigenvalue weighted by atomic mass is 35.5. The molecule has 1 aromatic rings. The minimum absolute atomic E-state index is 0.140. The van der Waals surface area contributed by atoms with Crippen molar-refractivity contribution in [1.29, 1.82) is 0 Å². The average molecular weight is 371 g/mol. The molecule has 134 valence electrons. The topological polar surface area (TPSA) is 58.2 Å². The van der Waals surface area contributed by atoms with E-state index in [2.05, 4.69) is 10.0 Å². The maximum absolute atomic E-state index is 12.2. The Bertz CT molecular complexity index is 687. The zero-order chi connectivity index (χ0) is 18.7. The molecule has 0 aliphatic carbocycles. The van der Waals surface area contributed by atoms with Crippen molar-refractivity contribution in [3.8, 4) is 0 Å². The number of carbonyl (C=O) groups excluding carboxylic acids is 1. The van der Waals surface area contributed by atoms with Gasteiger partial charge in [0.15, 0.2) is 0 Å². The summed E-state index contributed by atoms with van der Waals surface area (Å²) in [5, 5.41) is 3.45. The predicted octanol–water partition coefficient (Wildman–Crippen LogP) is 4.09. The van der Waals surface area contributed by atoms with Gasteiger partial charge in [-0.1, -0.05) is 23.2 Å². The molecule has 0 radical (unpaired) electrons. The Labute approximate surface area is 152 Å². The summed E-state index contributed by atoms with van der Waals surface area (Å²) in [4.78, 5) is 11.5. The Balaban J connectivity index is 3.23. The first-order chi connectivity index (χ1) is 10.9. The summed E-state index contributed by atoms with van der Waals surface area (Å²) in [6, 6.07) is 3.73. The second-order valence-corrected chi connectivity index (χ2v) is 9.42. The second-order valence-electron chi connectivity index (χ2n) is 6.96. The molecule has 1 aromatic carbocycles. The van der Waals surface area contributed by atoms with Gasteiger partial charge in [-0.05, 0) is 58.7 Å². The number of hydrogen-bond acceptors (Lipinski definition) is 2. The van der Waals surface area contributed by atoms with Crippen molar-refractivity contribution in [3.05, 3.63) is 39.4 Å². The summed E-state index contributed by atoms with van der Waals surface area (Å²) in [6.45, 7) is 13.5. The van der Waals surface area contributed by atoms with E-state index in [4.69, 9.17) is 11.6 Å². The number of hydrogen-bond donors (Lipinski definition) is 2. The lowest BCUT2D eigenvalue weighted by atomic mass is 9.97. The Kier molecular flexibility index (Phi) is 7.20. The highest BCUT2D eigenvalue weighted by Crippen LogP contribution is 2.30. The van der Waals surface area contributed by atoms with Crippen LogP contribution < -0.4 is 10.0 Å². The van der Waals surface area contributed by atoms with Crippen molar-refractivity contribution in [2.24, 2.45) is 0 Å². The van der Waals surface area contributed by atoms with Gasteiger partial charge in [-0.15, -0.1) is 0 Å². The van der Waals surface area contributed by atoms with Gasteiger partial charge in [-0.3, -0.25) is 4.79 Å². The zero-order valence-electron chi connectivity index (χ0n) is 15.5. The van der Waals surface area contributed by atoms with E-state index in [9.17, 15) is 9.00 Å². The molecule has 0 aromatic heterocycles. The van der Waals surface area contributed by atoms with Gasteiger partial charge in [0, 0.05) is 24.7 Å². The van der Waals surface area contributed by atoms with Crippen molar-refractivity contribution in [2.45, 2.75) is 59.8 Å². The minimum Gasteiger partial charge on any atom is -0.326 e. The highest BCUT2D eigenvalue weighted by Gasteiger charge is 2.20. The maximum atomic E-state index is 12.2. The molecule has 0 saturated heterocycles. The van der Waals surface area contributed by atoms with E-state index in [1.54, 1.807) is 0 Å². The summed E-state index contributed by atoms with van der Waals surface area (Å²) < 4.78 is 14.9. The largest absolute Gasteiger partial charge is 0.326 e. The fourth-order valence-corrected chi connectivity index (χ4v) is 3.21. The lowest BCUT2D eigenvalue weighted by Gasteiger charge is -2.21. The number of allylic oxidation sites excluding steroid dienone is 1. The van der Waals surface area contributed by atoms with Crippen molar-refractivity contribution in [2.75, 3.05) is 0 Å². The Morgan fingerprint density at radius 2 is 1.79 bits per heavy atom. The van der Waals surface area contributed by atoms with E-state index >= 15 is 0 Å². The molecule has 0 fully saturated rings. The van der Waals surface area contributed by atoms with E-state index in [0.29, 0.717) is 11.6 Å². The SMILES string of the molecule is CC(=O)NC(=C(C)C)c1c(Cl)ccc(CNS(=O)C(C)(C)C)c1C. The molecule has 1 amide bonds. The number of rotatable bonds is 5. The third-order valence-corrected chi connectivity index (χ3v) is 5.36. The van der Waals surface area contributed by atoms with Crippen LogP contribution in [0.15, 0.2) is 17.7 Å². The molecular weight excluding hydrogens is 344 g/mol. The lowest BCUT2D eigenvalue weighted by molar-refractivity contribution is -0.117. The van der Waals surface area contributed by atoms with Crippen molar-refractivity contribution >= 4 is 34.2 Å². The second kappa shape index (κ2) is 8.28. The number of nitrogens with one attached hydrogen (secondary N) is 2. The van der Waals surface area contributed by atoms with Crippen LogP contribution in [-0.2, 0) is 22.3 Å². The summed E-state index contributed by atoms with van der Waals surface area (Å²) in [5.41, 5.74) is 4.47. The maximum Gasteiger partial charge on any atom is 0.221 e. The molecule has 1 rings (SSSR count). The van der Waals surface area contributed by atoms with E-state index in [-0.39, 0.29) is 10.7 Å². The molecule has 1 unspecified atom stereocenters. The van der Waals surface area contributed by atoms with Gasteiger partial charge in [0.05, 0.1) is 20.8 Å². The summed E-state index contributed by atoms with van der Waals surface area (Å²) in [6.07, 6.45) is 0. The van der Waals surface area contributed by atoms with Gasteiger partial charge in [0.1, 0.15) is 0 Å². The molecule has 1 atom stereocenters. The van der Waals surface area contributed by atoms with Gasteiger partial charge in [-0.25, -0.2) is 8.93 Å². The zero-order valence-corrected chi connectivity index (χ0v) is 17.0. The van der Waals surface area contributed by atoms with Gasteiger partial charge in [0.25, 0.3) is 0 Å². The van der Waals surface area contributed by atoms with Gasteiger partial charge < -0.3 is 5.32 Å². The quantitative estimate of drug-likeness (QED) is 0.820. The Hall–Kier alpha value is -1.17. The lowest BCUT2D eigenvalue weighted by Crippen LogP contribution is -2.33. The highest BCUT2D eigenvalue weighted by molar-refractivity contribution is 7.84. The standard InChI is InChI=1S/C18H27ClN2O2S/c1-11(2)17(21-13(4)22)16-12(3)14(8-9-15(16)19)10-20-24(23)18(5,6)7/h8-9,20H,10H2,1-7H3,(H,21,22). The minimum atomic E-state index is -1.15. The predicted molar refractivity (Wildman–Crippen MR) is 103 cm³/mol. The van der Waals surface area contributed by atoms with Crippen molar-refractivity contribution < 1.29 is 9.00 Å². The molecular formula is C18H27ClN2O2S. The first-order valence-electron chi connectivity index (χ1n) is 7.84. The Morgan fingerprint density at radius 3 is 2.25 bits per heavy atom. The first-order valence-corrected chi connectivity index (χ1v) is 9.36.